The molecule has 0 aliphatic carbocycles. The van der Waals surface area contributed by atoms with Crippen LogP contribution in [-0.2, 0) is 27.7 Å². The molecule has 0 aromatic heterocycles. The van der Waals surface area contributed by atoms with Crippen molar-refractivity contribution in [3.05, 3.63) is 52.0 Å². The highest BCUT2D eigenvalue weighted by atomic mass is 79.9. The Morgan fingerprint density at radius 2 is 2.04 bits per heavy atom. The van der Waals surface area contributed by atoms with Crippen molar-refractivity contribution in [3.8, 4) is 5.75 Å². The van der Waals surface area contributed by atoms with Crippen LogP contribution in [0, 0.1) is 0 Å². The van der Waals surface area contributed by atoms with Gasteiger partial charge in [-0.25, -0.2) is 13.1 Å². The van der Waals surface area contributed by atoms with Crippen LogP contribution in [0.5, 0.6) is 5.75 Å². The molecule has 1 unspecified atom stereocenters. The third-order valence-electron chi connectivity index (χ3n) is 4.86. The first-order valence-corrected chi connectivity index (χ1v) is 11.0. The van der Waals surface area contributed by atoms with Gasteiger partial charge in [0, 0.05) is 17.9 Å². The molecule has 4 rings (SSSR count). The number of nitrogens with one attached hydrogen (secondary N) is 1. The quantitative estimate of drug-likeness (QED) is 0.779. The minimum Gasteiger partial charge on any atom is -0.492 e. The highest BCUT2D eigenvalue weighted by molar-refractivity contribution is 9.10. The van der Waals surface area contributed by atoms with E-state index >= 15 is 0 Å². The summed E-state index contributed by atoms with van der Waals surface area (Å²) in [6.45, 7) is 2.21. The van der Waals surface area contributed by atoms with Gasteiger partial charge in [-0.15, -0.1) is 0 Å². The number of anilines is 1. The number of amides is 1. The van der Waals surface area contributed by atoms with Crippen LogP contribution in [0.15, 0.2) is 45.8 Å². The number of halogens is 1. The third kappa shape index (κ3) is 3.49. The molecule has 8 heteroatoms. The molecule has 1 amide bonds. The van der Waals surface area contributed by atoms with Crippen LogP contribution in [-0.4, -0.2) is 33.5 Å². The highest BCUT2D eigenvalue weighted by Crippen LogP contribution is 2.37. The van der Waals surface area contributed by atoms with E-state index in [0.29, 0.717) is 29.5 Å². The number of benzene rings is 2. The van der Waals surface area contributed by atoms with Gasteiger partial charge in [-0.05, 0) is 42.2 Å². The summed E-state index contributed by atoms with van der Waals surface area (Å²) >= 11 is 3.39. The first-order valence-electron chi connectivity index (χ1n) is 8.69. The number of sulfonamides is 1. The lowest BCUT2D eigenvalue weighted by Gasteiger charge is -2.27. The molecule has 6 nitrogen and oxygen atoms in total. The molecule has 0 fully saturated rings. The zero-order valence-electron chi connectivity index (χ0n) is 14.7. The molecule has 0 saturated carbocycles. The molecule has 2 aliphatic heterocycles. The molecule has 0 radical (unpaired) electrons. The zero-order chi connectivity index (χ0) is 19.2. The molecule has 0 bridgehead atoms. The van der Waals surface area contributed by atoms with Gasteiger partial charge in [-0.3, -0.25) is 4.79 Å². The van der Waals surface area contributed by atoms with Crippen LogP contribution < -0.4 is 14.4 Å². The lowest BCUT2D eigenvalue weighted by molar-refractivity contribution is -0.116. The summed E-state index contributed by atoms with van der Waals surface area (Å²) in [7, 11) is -3.83. The predicted octanol–water partition coefficient (Wildman–Crippen LogP) is 2.64. The lowest BCUT2D eigenvalue weighted by atomic mass is 10.0. The van der Waals surface area contributed by atoms with Gasteiger partial charge in [0.2, 0.25) is 15.9 Å². The predicted molar refractivity (Wildman–Crippen MR) is 106 cm³/mol. The number of carbonyl (C=O) groups excluding carboxylic acids is 1. The Kier molecular flexibility index (Phi) is 4.73. The van der Waals surface area contributed by atoms with Crippen LogP contribution in [0.1, 0.15) is 18.1 Å². The normalized spacial score (nSPS) is 18.6. The van der Waals surface area contributed by atoms with E-state index in [1.54, 1.807) is 6.07 Å². The first-order chi connectivity index (χ1) is 12.8. The van der Waals surface area contributed by atoms with Crippen LogP contribution in [0.4, 0.5) is 5.69 Å². The average Bonchev–Trinajstić information content (AvgIpc) is 3.04. The Morgan fingerprint density at radius 3 is 2.81 bits per heavy atom. The van der Waals surface area contributed by atoms with Crippen LogP contribution >= 0.6 is 15.9 Å². The second kappa shape index (κ2) is 6.92. The van der Waals surface area contributed by atoms with E-state index in [9.17, 15) is 13.2 Å². The Hall–Kier alpha value is -1.90. The fourth-order valence-corrected chi connectivity index (χ4v) is 5.83. The number of ether oxygens (including phenoxy) is 1. The van der Waals surface area contributed by atoms with E-state index < -0.39 is 10.0 Å². The van der Waals surface area contributed by atoms with Crippen molar-refractivity contribution < 1.29 is 17.9 Å². The van der Waals surface area contributed by atoms with Crippen molar-refractivity contribution in [2.75, 3.05) is 18.1 Å². The SMILES string of the molecule is CC(=O)N1CCc2cc(Br)cc(S(=O)(=O)NC3COc4ccccc4C3)c21. The highest BCUT2D eigenvalue weighted by Gasteiger charge is 2.33. The molecule has 142 valence electrons. The molecule has 27 heavy (non-hydrogen) atoms. The van der Waals surface area contributed by atoms with Gasteiger partial charge in [-0.2, -0.15) is 0 Å². The average molecular weight is 451 g/mol. The molecule has 0 saturated heterocycles. The molecule has 2 aromatic carbocycles. The van der Waals surface area contributed by atoms with E-state index in [0.717, 1.165) is 16.9 Å². The number of nitrogens with zero attached hydrogens (tertiary/aromatic N) is 1. The number of carbonyl (C=O) groups is 1. The zero-order valence-corrected chi connectivity index (χ0v) is 17.1. The minimum atomic E-state index is -3.83. The molecule has 1 atom stereocenters. The largest absolute Gasteiger partial charge is 0.492 e. The van der Waals surface area contributed by atoms with Gasteiger partial charge in [-0.1, -0.05) is 34.1 Å². The van der Waals surface area contributed by atoms with Crippen molar-refractivity contribution >= 4 is 37.5 Å². The number of rotatable bonds is 3. The topological polar surface area (TPSA) is 75.7 Å². The van der Waals surface area contributed by atoms with Gasteiger partial charge >= 0.3 is 0 Å². The fourth-order valence-electron chi connectivity index (χ4n) is 3.68. The number of hydrogen-bond donors (Lipinski definition) is 1. The molecule has 2 aliphatic rings. The molecular formula is C19H19BrN2O4S. The third-order valence-corrected chi connectivity index (χ3v) is 6.86. The number of hydrogen-bond acceptors (Lipinski definition) is 4. The van der Waals surface area contributed by atoms with E-state index in [4.69, 9.17) is 4.74 Å². The van der Waals surface area contributed by atoms with Gasteiger partial charge in [0.15, 0.2) is 0 Å². The molecule has 0 spiro atoms. The monoisotopic (exact) mass is 450 g/mol. The van der Waals surface area contributed by atoms with Gasteiger partial charge in [0.05, 0.1) is 11.7 Å². The molecule has 2 heterocycles. The number of para-hydroxylation sites is 1. The van der Waals surface area contributed by atoms with E-state index in [-0.39, 0.29) is 23.5 Å². The van der Waals surface area contributed by atoms with Crippen molar-refractivity contribution in [3.63, 3.8) is 0 Å². The first kappa shape index (κ1) is 18.5. The van der Waals surface area contributed by atoms with Crippen molar-refractivity contribution in [1.29, 1.82) is 0 Å². The fraction of sp³-hybridized carbons (Fsp3) is 0.316. The Morgan fingerprint density at radius 1 is 1.26 bits per heavy atom. The smallest absolute Gasteiger partial charge is 0.243 e. The van der Waals surface area contributed by atoms with Crippen LogP contribution in [0.2, 0.25) is 0 Å². The minimum absolute atomic E-state index is 0.124. The van der Waals surface area contributed by atoms with Gasteiger partial charge in [0.1, 0.15) is 17.3 Å². The summed E-state index contributed by atoms with van der Waals surface area (Å²) in [5, 5.41) is 0. The molecule has 1 N–H and O–H groups in total. The lowest BCUT2D eigenvalue weighted by Crippen LogP contribution is -2.43. The van der Waals surface area contributed by atoms with E-state index in [2.05, 4.69) is 20.7 Å². The second-order valence-electron chi connectivity index (χ2n) is 6.77. The van der Waals surface area contributed by atoms with Crippen molar-refractivity contribution in [2.45, 2.75) is 30.7 Å². The van der Waals surface area contributed by atoms with Crippen LogP contribution in [0.25, 0.3) is 0 Å². The van der Waals surface area contributed by atoms with E-state index in [1.807, 2.05) is 30.3 Å². The summed E-state index contributed by atoms with van der Waals surface area (Å²) in [6, 6.07) is 10.7. The summed E-state index contributed by atoms with van der Waals surface area (Å²) in [4.78, 5) is 13.6. The Bertz CT molecular complexity index is 1020. The maximum Gasteiger partial charge on any atom is 0.243 e. The van der Waals surface area contributed by atoms with Crippen LogP contribution in [0.3, 0.4) is 0 Å². The maximum atomic E-state index is 13.2. The maximum absolute atomic E-state index is 13.2. The summed E-state index contributed by atoms with van der Waals surface area (Å²) in [5.74, 6) is 0.626. The standard InChI is InChI=1S/C19H19BrN2O4S/c1-12(23)22-7-6-14-8-15(20)10-18(19(14)22)27(24,25)21-16-9-13-4-2-3-5-17(13)26-11-16/h2-5,8,10,16,21H,6-7,9,11H2,1H3. The van der Waals surface area contributed by atoms with E-state index in [1.165, 1.54) is 11.8 Å². The Labute approximate surface area is 166 Å². The summed E-state index contributed by atoms with van der Waals surface area (Å²) in [5.41, 5.74) is 2.31. The van der Waals surface area contributed by atoms with Gasteiger partial charge < -0.3 is 9.64 Å². The van der Waals surface area contributed by atoms with Gasteiger partial charge in [0.25, 0.3) is 0 Å². The summed E-state index contributed by atoms with van der Waals surface area (Å²) < 4.78 is 35.5. The van der Waals surface area contributed by atoms with Crippen molar-refractivity contribution in [1.82, 2.24) is 4.72 Å². The molecular weight excluding hydrogens is 432 g/mol. The molecule has 2 aromatic rings. The number of fused-ring (bicyclic) bond motifs is 2. The second-order valence-corrected chi connectivity index (χ2v) is 9.37. The summed E-state index contributed by atoms with van der Waals surface area (Å²) in [6.07, 6.45) is 1.19. The Balaban J connectivity index is 1.67. The van der Waals surface area contributed by atoms with Crippen molar-refractivity contribution in [2.24, 2.45) is 0 Å².